The molecule has 0 saturated carbocycles. The van der Waals surface area contributed by atoms with E-state index in [-0.39, 0.29) is 11.4 Å². The summed E-state index contributed by atoms with van der Waals surface area (Å²) >= 11 is 1.38. The van der Waals surface area contributed by atoms with Gasteiger partial charge in [0.1, 0.15) is 5.82 Å². The monoisotopic (exact) mass is 304 g/mol. The number of nitrogens with one attached hydrogen (secondary N) is 1. The molecule has 1 N–H and O–H groups in total. The molecule has 0 aliphatic rings. The van der Waals surface area contributed by atoms with Crippen LogP contribution >= 0.6 is 11.8 Å². The molecule has 0 unspecified atom stereocenters. The van der Waals surface area contributed by atoms with Crippen molar-refractivity contribution in [1.29, 1.82) is 0 Å². The van der Waals surface area contributed by atoms with Gasteiger partial charge in [0.15, 0.2) is 5.16 Å². The Bertz CT molecular complexity index is 871. The summed E-state index contributed by atoms with van der Waals surface area (Å²) in [6.07, 6.45) is 0. The molecule has 0 radical (unpaired) electrons. The van der Waals surface area contributed by atoms with Crippen LogP contribution in [0, 0.1) is 19.7 Å². The molecule has 0 spiro atoms. The quantitative estimate of drug-likeness (QED) is 0.755. The van der Waals surface area contributed by atoms with E-state index in [0.717, 1.165) is 5.69 Å². The van der Waals surface area contributed by atoms with Gasteiger partial charge in [0.05, 0.1) is 0 Å². The minimum absolute atomic E-state index is 0.168. The number of aryl methyl sites for hydroxylation is 1. The van der Waals surface area contributed by atoms with Gasteiger partial charge in [-0.3, -0.25) is 14.2 Å². The number of fused-ring (bicyclic) bond motifs is 1. The van der Waals surface area contributed by atoms with Crippen molar-refractivity contribution in [3.05, 3.63) is 57.3 Å². The Morgan fingerprint density at radius 1 is 1.29 bits per heavy atom. The predicted octanol–water partition coefficient (Wildman–Crippen LogP) is 2.47. The lowest BCUT2D eigenvalue weighted by atomic mass is 10.2. The number of rotatable bonds is 3. The molecule has 0 aliphatic heterocycles. The molecule has 0 fully saturated rings. The summed E-state index contributed by atoms with van der Waals surface area (Å²) in [7, 11) is 0. The highest BCUT2D eigenvalue weighted by Crippen LogP contribution is 2.23. The van der Waals surface area contributed by atoms with Gasteiger partial charge in [-0.1, -0.05) is 30.0 Å². The van der Waals surface area contributed by atoms with E-state index in [2.05, 4.69) is 15.2 Å². The summed E-state index contributed by atoms with van der Waals surface area (Å²) in [5, 5.41) is 8.66. The van der Waals surface area contributed by atoms with E-state index in [1.54, 1.807) is 29.5 Å². The maximum absolute atomic E-state index is 13.6. The van der Waals surface area contributed by atoms with Gasteiger partial charge in [-0.05, 0) is 25.5 Å². The van der Waals surface area contributed by atoms with E-state index in [9.17, 15) is 9.18 Å². The molecule has 0 atom stereocenters. The van der Waals surface area contributed by atoms with Crippen LogP contribution in [0.3, 0.4) is 0 Å². The van der Waals surface area contributed by atoms with Crippen LogP contribution in [-0.4, -0.2) is 19.6 Å². The lowest BCUT2D eigenvalue weighted by molar-refractivity contribution is 0.617. The molecule has 3 aromatic rings. The number of halogens is 1. The minimum Gasteiger partial charge on any atom is -0.290 e. The number of hydrogen-bond donors (Lipinski definition) is 1. The first-order chi connectivity index (χ1) is 10.1. The van der Waals surface area contributed by atoms with Crippen molar-refractivity contribution in [2.75, 3.05) is 0 Å². The van der Waals surface area contributed by atoms with Gasteiger partial charge in [-0.25, -0.2) is 4.39 Å². The maximum Gasteiger partial charge on any atom is 0.255 e. The third-order valence-corrected chi connectivity index (χ3v) is 4.37. The normalized spacial score (nSPS) is 11.2. The van der Waals surface area contributed by atoms with Gasteiger partial charge in [0.25, 0.3) is 5.56 Å². The Kier molecular flexibility index (Phi) is 3.50. The molecular weight excluding hydrogens is 291 g/mol. The van der Waals surface area contributed by atoms with Crippen molar-refractivity contribution in [3.63, 3.8) is 0 Å². The second-order valence-corrected chi connectivity index (χ2v) is 5.63. The Morgan fingerprint density at radius 2 is 2.05 bits per heavy atom. The van der Waals surface area contributed by atoms with Crippen LogP contribution in [0.4, 0.5) is 4.39 Å². The lowest BCUT2D eigenvalue weighted by Crippen LogP contribution is -2.15. The van der Waals surface area contributed by atoms with E-state index in [1.165, 1.54) is 17.8 Å². The third kappa shape index (κ3) is 2.44. The topological polar surface area (TPSA) is 63.1 Å². The average Bonchev–Trinajstić information content (AvgIpc) is 2.87. The summed E-state index contributed by atoms with van der Waals surface area (Å²) in [6.45, 7) is 3.59. The Balaban J connectivity index is 1.97. The first kappa shape index (κ1) is 13.8. The maximum atomic E-state index is 13.6. The Labute approximate surface area is 124 Å². The van der Waals surface area contributed by atoms with Gasteiger partial charge < -0.3 is 0 Å². The van der Waals surface area contributed by atoms with Gasteiger partial charge in [0.2, 0.25) is 5.78 Å². The number of aromatic nitrogens is 4. The van der Waals surface area contributed by atoms with E-state index in [1.807, 2.05) is 6.92 Å². The standard InChI is InChI=1S/C14H13FN4OS/c1-8-9(2)19-13(16-12(8)20)17-18-14(19)21-7-10-5-3-4-6-11(10)15/h3-6H,7H2,1-2H3,(H,16,17,20). The zero-order valence-corrected chi connectivity index (χ0v) is 12.4. The van der Waals surface area contributed by atoms with Crippen LogP contribution in [0.15, 0.2) is 34.2 Å². The van der Waals surface area contributed by atoms with Gasteiger partial charge in [0, 0.05) is 17.0 Å². The molecule has 2 heterocycles. The van der Waals surface area contributed by atoms with E-state index >= 15 is 0 Å². The predicted molar refractivity (Wildman–Crippen MR) is 79.0 cm³/mol. The SMILES string of the molecule is Cc1c(C)n2c(SCc3ccccc3F)nnc2[nH]c1=O. The summed E-state index contributed by atoms with van der Waals surface area (Å²) in [5.41, 5.74) is 1.85. The second kappa shape index (κ2) is 5.33. The van der Waals surface area contributed by atoms with Crippen LogP contribution < -0.4 is 5.56 Å². The van der Waals surface area contributed by atoms with Crippen LogP contribution in [0.2, 0.25) is 0 Å². The molecule has 2 aromatic heterocycles. The van der Waals surface area contributed by atoms with E-state index in [0.29, 0.717) is 27.8 Å². The molecule has 0 amide bonds. The lowest BCUT2D eigenvalue weighted by Gasteiger charge is -2.06. The summed E-state index contributed by atoms with van der Waals surface area (Å²) in [4.78, 5) is 14.4. The molecule has 3 rings (SSSR count). The zero-order valence-electron chi connectivity index (χ0n) is 11.6. The number of aromatic amines is 1. The number of nitrogens with zero attached hydrogens (tertiary/aromatic N) is 3. The highest BCUT2D eigenvalue weighted by atomic mass is 32.2. The van der Waals surface area contributed by atoms with Crippen LogP contribution in [0.5, 0.6) is 0 Å². The summed E-state index contributed by atoms with van der Waals surface area (Å²) in [6, 6.07) is 6.64. The van der Waals surface area contributed by atoms with Crippen molar-refractivity contribution in [2.24, 2.45) is 0 Å². The second-order valence-electron chi connectivity index (χ2n) is 4.69. The smallest absolute Gasteiger partial charge is 0.255 e. The molecule has 7 heteroatoms. The molecule has 0 saturated heterocycles. The van der Waals surface area contributed by atoms with Gasteiger partial charge in [-0.2, -0.15) is 0 Å². The number of benzene rings is 1. The molecular formula is C14H13FN4OS. The molecule has 1 aromatic carbocycles. The van der Waals surface area contributed by atoms with Crippen molar-refractivity contribution in [1.82, 2.24) is 19.6 Å². The van der Waals surface area contributed by atoms with Crippen molar-refractivity contribution in [3.8, 4) is 0 Å². The molecule has 0 bridgehead atoms. The van der Waals surface area contributed by atoms with E-state index in [4.69, 9.17) is 0 Å². The van der Waals surface area contributed by atoms with Gasteiger partial charge in [-0.15, -0.1) is 10.2 Å². The van der Waals surface area contributed by atoms with Crippen LogP contribution in [0.1, 0.15) is 16.8 Å². The fourth-order valence-electron chi connectivity index (χ4n) is 2.03. The Morgan fingerprint density at radius 3 is 2.81 bits per heavy atom. The van der Waals surface area contributed by atoms with Crippen molar-refractivity contribution < 1.29 is 4.39 Å². The number of H-pyrrole nitrogens is 1. The van der Waals surface area contributed by atoms with Crippen molar-refractivity contribution in [2.45, 2.75) is 24.8 Å². The minimum atomic E-state index is -0.236. The summed E-state index contributed by atoms with van der Waals surface area (Å²) < 4.78 is 15.4. The molecule has 108 valence electrons. The van der Waals surface area contributed by atoms with E-state index < -0.39 is 0 Å². The average molecular weight is 304 g/mol. The highest BCUT2D eigenvalue weighted by Gasteiger charge is 2.13. The Hall–Kier alpha value is -2.15. The zero-order chi connectivity index (χ0) is 15.0. The van der Waals surface area contributed by atoms with Crippen LogP contribution in [-0.2, 0) is 5.75 Å². The van der Waals surface area contributed by atoms with Crippen LogP contribution in [0.25, 0.3) is 5.78 Å². The largest absolute Gasteiger partial charge is 0.290 e. The number of thioether (sulfide) groups is 1. The highest BCUT2D eigenvalue weighted by molar-refractivity contribution is 7.98. The molecule has 21 heavy (non-hydrogen) atoms. The fraction of sp³-hybridized carbons (Fsp3) is 0.214. The fourth-order valence-corrected chi connectivity index (χ4v) is 3.00. The number of hydrogen-bond acceptors (Lipinski definition) is 4. The summed E-state index contributed by atoms with van der Waals surface area (Å²) in [5.74, 6) is 0.615. The molecule has 5 nitrogen and oxygen atoms in total. The van der Waals surface area contributed by atoms with Gasteiger partial charge >= 0.3 is 0 Å². The first-order valence-corrected chi connectivity index (χ1v) is 7.37. The third-order valence-electron chi connectivity index (χ3n) is 3.39. The molecule has 0 aliphatic carbocycles. The first-order valence-electron chi connectivity index (χ1n) is 6.38. The van der Waals surface area contributed by atoms with Crippen molar-refractivity contribution >= 4 is 17.5 Å².